The molecule has 1 aliphatic rings. The Labute approximate surface area is 180 Å². The molecule has 0 spiro atoms. The minimum absolute atomic E-state index is 0.0763. The third-order valence-corrected chi connectivity index (χ3v) is 5.85. The fraction of sp³-hybridized carbons (Fsp3) is 0.273. The van der Waals surface area contributed by atoms with Crippen LogP contribution in [0.2, 0.25) is 5.02 Å². The first-order valence-corrected chi connectivity index (χ1v) is 10.6. The molecular formula is C22H24ClN3O2S. The smallest absolute Gasteiger partial charge is 0.256 e. The molecule has 7 heteroatoms. The Hall–Kier alpha value is -2.28. The summed E-state index contributed by atoms with van der Waals surface area (Å²) in [5.41, 5.74) is 4.00. The van der Waals surface area contributed by atoms with Crippen LogP contribution in [0.1, 0.15) is 35.3 Å². The minimum atomic E-state index is -0.171. The van der Waals surface area contributed by atoms with Gasteiger partial charge in [0.25, 0.3) is 5.91 Å². The molecule has 29 heavy (non-hydrogen) atoms. The number of carbonyl (C=O) groups excluding carboxylic acids is 1. The summed E-state index contributed by atoms with van der Waals surface area (Å²) >= 11 is 7.26. The average Bonchev–Trinajstić information content (AvgIpc) is 2.72. The lowest BCUT2D eigenvalue weighted by Gasteiger charge is -2.18. The lowest BCUT2D eigenvalue weighted by Crippen LogP contribution is -2.26. The van der Waals surface area contributed by atoms with Gasteiger partial charge in [0, 0.05) is 12.1 Å². The zero-order valence-corrected chi connectivity index (χ0v) is 18.0. The van der Waals surface area contributed by atoms with Crippen LogP contribution in [0.15, 0.2) is 53.1 Å². The maximum absolute atomic E-state index is 12.8. The highest BCUT2D eigenvalue weighted by Gasteiger charge is 2.15. The summed E-state index contributed by atoms with van der Waals surface area (Å²) in [6.45, 7) is 5.66. The van der Waals surface area contributed by atoms with Crippen LogP contribution >= 0.6 is 23.4 Å². The summed E-state index contributed by atoms with van der Waals surface area (Å²) in [6, 6.07) is 13.0. The van der Waals surface area contributed by atoms with Gasteiger partial charge in [0.2, 0.25) is 0 Å². The fourth-order valence-corrected chi connectivity index (χ4v) is 3.81. The monoisotopic (exact) mass is 429 g/mol. The molecule has 2 aromatic carbocycles. The number of carbonyl (C=O) groups is 1. The number of ether oxygens (including phenoxy) is 1. The van der Waals surface area contributed by atoms with Crippen molar-refractivity contribution in [2.45, 2.75) is 26.8 Å². The molecule has 0 bridgehead atoms. The van der Waals surface area contributed by atoms with E-state index in [2.05, 4.69) is 10.6 Å². The molecule has 1 heterocycles. The molecule has 152 valence electrons. The van der Waals surface area contributed by atoms with E-state index < -0.39 is 0 Å². The van der Waals surface area contributed by atoms with E-state index in [0.717, 1.165) is 25.1 Å². The third-order valence-electron chi connectivity index (χ3n) is 4.46. The molecule has 3 N–H and O–H groups in total. The number of para-hydroxylation sites is 1. The standard InChI is InChI=1S/C22H24ClN3O2S/c1-14(2)22(29-20(24)13-28-19-6-4-3-5-18(19)23)26-21(27)16-7-8-17-12-25-10-9-15(17)11-16/h3-8,11,24-25H,9-10,12-13H2,1-2H3,(H,26,27). The van der Waals surface area contributed by atoms with Gasteiger partial charge in [-0.1, -0.05) is 41.6 Å². The van der Waals surface area contributed by atoms with Crippen LogP contribution in [-0.4, -0.2) is 24.1 Å². The maximum atomic E-state index is 12.8. The summed E-state index contributed by atoms with van der Waals surface area (Å²) in [5, 5.41) is 15.9. The number of benzene rings is 2. The van der Waals surface area contributed by atoms with Crippen LogP contribution in [-0.2, 0) is 13.0 Å². The van der Waals surface area contributed by atoms with Crippen molar-refractivity contribution in [1.82, 2.24) is 10.6 Å². The first-order valence-electron chi connectivity index (χ1n) is 9.38. The van der Waals surface area contributed by atoms with Crippen molar-refractivity contribution in [3.05, 3.63) is 74.8 Å². The van der Waals surface area contributed by atoms with Crippen molar-refractivity contribution in [3.63, 3.8) is 0 Å². The number of amides is 1. The van der Waals surface area contributed by atoms with Crippen molar-refractivity contribution in [3.8, 4) is 5.75 Å². The van der Waals surface area contributed by atoms with E-state index in [0.29, 0.717) is 21.4 Å². The molecule has 0 unspecified atom stereocenters. The summed E-state index contributed by atoms with van der Waals surface area (Å²) in [5.74, 6) is 0.362. The van der Waals surface area contributed by atoms with Crippen molar-refractivity contribution < 1.29 is 9.53 Å². The third kappa shape index (κ3) is 5.85. The number of hydrogen-bond donors (Lipinski definition) is 3. The molecule has 0 aromatic heterocycles. The number of hydrogen-bond acceptors (Lipinski definition) is 5. The van der Waals surface area contributed by atoms with Crippen molar-refractivity contribution in [2.75, 3.05) is 13.2 Å². The molecular weight excluding hydrogens is 406 g/mol. The molecule has 0 aliphatic carbocycles. The zero-order chi connectivity index (χ0) is 20.8. The molecule has 0 atom stereocenters. The summed E-state index contributed by atoms with van der Waals surface area (Å²) in [7, 11) is 0. The van der Waals surface area contributed by atoms with E-state index in [4.69, 9.17) is 21.7 Å². The molecule has 0 fully saturated rings. The Morgan fingerprint density at radius 2 is 2.03 bits per heavy atom. The van der Waals surface area contributed by atoms with Gasteiger partial charge in [-0.25, -0.2) is 0 Å². The Balaban J connectivity index is 1.61. The number of rotatable bonds is 6. The van der Waals surface area contributed by atoms with Gasteiger partial charge in [-0.3, -0.25) is 10.2 Å². The SMILES string of the molecule is CC(C)=C(NC(=O)c1ccc2c(c1)CCNC2)SC(=N)COc1ccccc1Cl. The van der Waals surface area contributed by atoms with E-state index >= 15 is 0 Å². The first-order chi connectivity index (χ1) is 13.9. The van der Waals surface area contributed by atoms with Crippen LogP contribution in [0.4, 0.5) is 0 Å². The Morgan fingerprint density at radius 3 is 2.79 bits per heavy atom. The molecule has 1 aliphatic heterocycles. The largest absolute Gasteiger partial charge is 0.485 e. The number of thioether (sulfide) groups is 1. The van der Waals surface area contributed by atoms with Gasteiger partial charge in [0.05, 0.1) is 10.1 Å². The normalized spacial score (nSPS) is 12.7. The zero-order valence-electron chi connectivity index (χ0n) is 16.5. The molecule has 5 nitrogen and oxygen atoms in total. The van der Waals surface area contributed by atoms with Gasteiger partial charge in [-0.15, -0.1) is 0 Å². The van der Waals surface area contributed by atoms with Gasteiger partial charge in [-0.2, -0.15) is 0 Å². The highest BCUT2D eigenvalue weighted by atomic mass is 35.5. The quantitative estimate of drug-likeness (QED) is 0.457. The molecule has 2 aromatic rings. The summed E-state index contributed by atoms with van der Waals surface area (Å²) in [4.78, 5) is 12.8. The van der Waals surface area contributed by atoms with Gasteiger partial charge >= 0.3 is 0 Å². The molecule has 0 radical (unpaired) electrons. The Kier molecular flexibility index (Phi) is 7.36. The molecule has 3 rings (SSSR count). The van der Waals surface area contributed by atoms with E-state index in [1.165, 1.54) is 22.9 Å². The molecule has 1 amide bonds. The van der Waals surface area contributed by atoms with Crippen molar-refractivity contribution >= 4 is 34.3 Å². The first kappa shape index (κ1) is 21.4. The van der Waals surface area contributed by atoms with Crippen molar-refractivity contribution in [2.24, 2.45) is 0 Å². The maximum Gasteiger partial charge on any atom is 0.256 e. The number of fused-ring (bicyclic) bond motifs is 1. The predicted octanol–water partition coefficient (Wildman–Crippen LogP) is 4.76. The van der Waals surface area contributed by atoms with E-state index in [1.807, 2.05) is 44.2 Å². The lowest BCUT2D eigenvalue weighted by atomic mass is 9.98. The average molecular weight is 430 g/mol. The van der Waals surface area contributed by atoms with Crippen LogP contribution in [0.5, 0.6) is 5.75 Å². The number of allylic oxidation sites excluding steroid dienone is 1. The second kappa shape index (κ2) is 9.96. The summed E-state index contributed by atoms with van der Waals surface area (Å²) < 4.78 is 5.61. The number of nitrogens with one attached hydrogen (secondary N) is 3. The van der Waals surface area contributed by atoms with Gasteiger partial charge in [0.15, 0.2) is 0 Å². The summed E-state index contributed by atoms with van der Waals surface area (Å²) in [6.07, 6.45) is 0.921. The predicted molar refractivity (Wildman–Crippen MR) is 120 cm³/mol. The van der Waals surface area contributed by atoms with Gasteiger partial charge in [-0.05, 0) is 67.8 Å². The van der Waals surface area contributed by atoms with E-state index in [9.17, 15) is 4.79 Å². The van der Waals surface area contributed by atoms with Crippen LogP contribution in [0.3, 0.4) is 0 Å². The highest BCUT2D eigenvalue weighted by Crippen LogP contribution is 2.25. The highest BCUT2D eigenvalue weighted by molar-refractivity contribution is 8.17. The van der Waals surface area contributed by atoms with Crippen LogP contribution in [0, 0.1) is 5.41 Å². The second-order valence-electron chi connectivity index (χ2n) is 6.94. The Morgan fingerprint density at radius 1 is 1.24 bits per heavy atom. The minimum Gasteiger partial charge on any atom is -0.485 e. The molecule has 0 saturated carbocycles. The van der Waals surface area contributed by atoms with Crippen molar-refractivity contribution in [1.29, 1.82) is 5.41 Å². The van der Waals surface area contributed by atoms with E-state index in [-0.39, 0.29) is 17.6 Å². The van der Waals surface area contributed by atoms with Crippen LogP contribution < -0.4 is 15.4 Å². The van der Waals surface area contributed by atoms with Gasteiger partial charge in [0.1, 0.15) is 17.4 Å². The van der Waals surface area contributed by atoms with Crippen LogP contribution in [0.25, 0.3) is 0 Å². The Bertz CT molecular complexity index is 955. The topological polar surface area (TPSA) is 74.2 Å². The number of halogens is 1. The molecule has 0 saturated heterocycles. The second-order valence-corrected chi connectivity index (χ2v) is 8.45. The lowest BCUT2D eigenvalue weighted by molar-refractivity contribution is 0.0968. The fourth-order valence-electron chi connectivity index (χ4n) is 2.90. The van der Waals surface area contributed by atoms with E-state index in [1.54, 1.807) is 12.1 Å². The van der Waals surface area contributed by atoms with Gasteiger partial charge < -0.3 is 15.4 Å².